The van der Waals surface area contributed by atoms with E-state index in [1.165, 1.54) is 0 Å². The lowest BCUT2D eigenvalue weighted by molar-refractivity contribution is -0.167. The summed E-state index contributed by atoms with van der Waals surface area (Å²) in [5.41, 5.74) is 0.294. The van der Waals surface area contributed by atoms with Crippen molar-refractivity contribution < 1.29 is 14.3 Å². The molecule has 4 heterocycles. The Morgan fingerprint density at radius 2 is 2.19 bits per heavy atom. The fourth-order valence-corrected chi connectivity index (χ4v) is 3.76. The average molecular weight is 357 g/mol. The van der Waals surface area contributed by atoms with E-state index in [2.05, 4.69) is 15.1 Å². The highest BCUT2D eigenvalue weighted by atomic mass is 16.5. The van der Waals surface area contributed by atoms with Gasteiger partial charge in [0, 0.05) is 32.2 Å². The van der Waals surface area contributed by atoms with Gasteiger partial charge in [-0.05, 0) is 37.3 Å². The zero-order valence-corrected chi connectivity index (χ0v) is 14.9. The van der Waals surface area contributed by atoms with Gasteiger partial charge in [0.2, 0.25) is 0 Å². The van der Waals surface area contributed by atoms with Crippen molar-refractivity contribution in [2.75, 3.05) is 26.3 Å². The molecule has 2 fully saturated rings. The van der Waals surface area contributed by atoms with Crippen LogP contribution in [0.3, 0.4) is 0 Å². The van der Waals surface area contributed by atoms with Crippen LogP contribution in [-0.4, -0.2) is 62.5 Å². The number of nitrogens with zero attached hydrogens (tertiary/aromatic N) is 5. The Kier molecular flexibility index (Phi) is 4.58. The quantitative estimate of drug-likeness (QED) is 0.802. The fourth-order valence-electron chi connectivity index (χ4n) is 3.76. The Labute approximate surface area is 152 Å². The maximum atomic E-state index is 12.4. The standard InChI is InChI=1S/C18H23N5O3/c1-22-8-3-15(21-22)16(24)23-12-18(13-23)11-14(5-10-26-18)4-9-25-17-19-6-2-7-20-17/h2-3,6-8,14H,4-5,9-13H2,1H3/t14-/m0/s1. The van der Waals surface area contributed by atoms with Gasteiger partial charge in [-0.1, -0.05) is 0 Å². The van der Waals surface area contributed by atoms with Crippen molar-refractivity contribution in [1.82, 2.24) is 24.6 Å². The Morgan fingerprint density at radius 1 is 1.38 bits per heavy atom. The molecule has 0 unspecified atom stereocenters. The van der Waals surface area contributed by atoms with E-state index in [-0.39, 0.29) is 11.5 Å². The van der Waals surface area contributed by atoms with E-state index in [0.717, 1.165) is 25.9 Å². The van der Waals surface area contributed by atoms with Gasteiger partial charge in [0.1, 0.15) is 11.3 Å². The number of hydrogen-bond donors (Lipinski definition) is 0. The molecule has 1 spiro atoms. The fraction of sp³-hybridized carbons (Fsp3) is 0.556. The number of likely N-dealkylation sites (tertiary alicyclic amines) is 1. The number of rotatable bonds is 5. The van der Waals surface area contributed by atoms with Gasteiger partial charge in [-0.2, -0.15) is 5.10 Å². The lowest BCUT2D eigenvalue weighted by atomic mass is 9.79. The third-order valence-electron chi connectivity index (χ3n) is 5.07. The largest absolute Gasteiger partial charge is 0.463 e. The van der Waals surface area contributed by atoms with Crippen molar-refractivity contribution in [2.24, 2.45) is 13.0 Å². The second kappa shape index (κ2) is 7.03. The van der Waals surface area contributed by atoms with E-state index in [1.54, 1.807) is 35.4 Å². The molecule has 8 heteroatoms. The first-order chi connectivity index (χ1) is 12.6. The maximum Gasteiger partial charge on any atom is 0.316 e. The van der Waals surface area contributed by atoms with Gasteiger partial charge in [0.25, 0.3) is 5.91 Å². The molecular formula is C18H23N5O3. The lowest BCUT2D eigenvalue weighted by Crippen LogP contribution is -2.66. The van der Waals surface area contributed by atoms with Gasteiger partial charge in [-0.25, -0.2) is 9.97 Å². The molecule has 138 valence electrons. The number of aryl methyl sites for hydroxylation is 1. The normalized spacial score (nSPS) is 21.4. The Bertz CT molecular complexity index is 757. The Hall–Kier alpha value is -2.48. The molecule has 2 aromatic heterocycles. The summed E-state index contributed by atoms with van der Waals surface area (Å²) < 4.78 is 13.3. The van der Waals surface area contributed by atoms with Crippen molar-refractivity contribution in [3.8, 4) is 6.01 Å². The van der Waals surface area contributed by atoms with Crippen LogP contribution in [-0.2, 0) is 11.8 Å². The predicted octanol–water partition coefficient (Wildman–Crippen LogP) is 1.30. The molecule has 0 aliphatic carbocycles. The average Bonchev–Trinajstić information content (AvgIpc) is 3.07. The third-order valence-corrected chi connectivity index (χ3v) is 5.07. The van der Waals surface area contributed by atoms with Crippen LogP contribution in [0.1, 0.15) is 29.8 Å². The van der Waals surface area contributed by atoms with Crippen molar-refractivity contribution in [3.63, 3.8) is 0 Å². The van der Waals surface area contributed by atoms with Crippen LogP contribution in [0.25, 0.3) is 0 Å². The summed E-state index contributed by atoms with van der Waals surface area (Å²) in [5.74, 6) is 0.506. The molecule has 2 aromatic rings. The van der Waals surface area contributed by atoms with Gasteiger partial charge in [-0.3, -0.25) is 9.48 Å². The second-order valence-corrected chi connectivity index (χ2v) is 7.09. The number of carbonyl (C=O) groups is 1. The van der Waals surface area contributed by atoms with Gasteiger partial charge in [0.15, 0.2) is 0 Å². The highest BCUT2D eigenvalue weighted by molar-refractivity contribution is 5.93. The molecule has 8 nitrogen and oxygen atoms in total. The smallest absolute Gasteiger partial charge is 0.316 e. The first-order valence-corrected chi connectivity index (χ1v) is 8.96. The molecule has 2 aliphatic rings. The van der Waals surface area contributed by atoms with Gasteiger partial charge < -0.3 is 14.4 Å². The summed E-state index contributed by atoms with van der Waals surface area (Å²) in [4.78, 5) is 22.4. The van der Waals surface area contributed by atoms with E-state index in [0.29, 0.717) is 37.3 Å². The number of carbonyl (C=O) groups excluding carboxylic acids is 1. The first-order valence-electron chi connectivity index (χ1n) is 8.96. The minimum atomic E-state index is -0.198. The summed E-state index contributed by atoms with van der Waals surface area (Å²) in [6.07, 6.45) is 8.05. The molecule has 0 bridgehead atoms. The lowest BCUT2D eigenvalue weighted by Gasteiger charge is -2.53. The molecule has 1 amide bonds. The number of hydrogen-bond acceptors (Lipinski definition) is 6. The summed E-state index contributed by atoms with van der Waals surface area (Å²) >= 11 is 0. The van der Waals surface area contributed by atoms with Crippen LogP contribution in [0.15, 0.2) is 30.7 Å². The van der Waals surface area contributed by atoms with Crippen LogP contribution in [0.2, 0.25) is 0 Å². The molecule has 0 aromatic carbocycles. The number of amides is 1. The number of ether oxygens (including phenoxy) is 2. The van der Waals surface area contributed by atoms with Gasteiger partial charge in [-0.15, -0.1) is 0 Å². The minimum absolute atomic E-state index is 0.0218. The Morgan fingerprint density at radius 3 is 2.92 bits per heavy atom. The van der Waals surface area contributed by atoms with Crippen LogP contribution < -0.4 is 4.74 Å². The van der Waals surface area contributed by atoms with E-state index >= 15 is 0 Å². The summed E-state index contributed by atoms with van der Waals surface area (Å²) in [5, 5.41) is 4.19. The molecule has 4 rings (SSSR count). The monoisotopic (exact) mass is 357 g/mol. The van der Waals surface area contributed by atoms with E-state index in [4.69, 9.17) is 9.47 Å². The van der Waals surface area contributed by atoms with Crippen LogP contribution in [0, 0.1) is 5.92 Å². The maximum absolute atomic E-state index is 12.4. The predicted molar refractivity (Wildman–Crippen MR) is 92.7 cm³/mol. The summed E-state index contributed by atoms with van der Waals surface area (Å²) in [6.45, 7) is 2.61. The zero-order valence-electron chi connectivity index (χ0n) is 14.9. The van der Waals surface area contributed by atoms with Crippen LogP contribution >= 0.6 is 0 Å². The highest BCUT2D eigenvalue weighted by Gasteiger charge is 2.49. The molecule has 0 N–H and O–H groups in total. The van der Waals surface area contributed by atoms with E-state index in [9.17, 15) is 4.79 Å². The second-order valence-electron chi connectivity index (χ2n) is 7.09. The van der Waals surface area contributed by atoms with Crippen molar-refractivity contribution in [2.45, 2.75) is 24.9 Å². The molecule has 0 saturated carbocycles. The molecule has 26 heavy (non-hydrogen) atoms. The SMILES string of the molecule is Cn1ccc(C(=O)N2CC3(C[C@@H](CCOc4ncccn4)CCO3)C2)n1. The topological polar surface area (TPSA) is 82.4 Å². The Balaban J connectivity index is 1.26. The molecule has 2 aliphatic heterocycles. The van der Waals surface area contributed by atoms with Crippen molar-refractivity contribution in [3.05, 3.63) is 36.4 Å². The highest BCUT2D eigenvalue weighted by Crippen LogP contribution is 2.38. The minimum Gasteiger partial charge on any atom is -0.463 e. The summed E-state index contributed by atoms with van der Waals surface area (Å²) in [6, 6.07) is 3.94. The van der Waals surface area contributed by atoms with Gasteiger partial charge >= 0.3 is 6.01 Å². The van der Waals surface area contributed by atoms with Gasteiger partial charge in [0.05, 0.1) is 19.7 Å². The van der Waals surface area contributed by atoms with E-state index < -0.39 is 0 Å². The third kappa shape index (κ3) is 3.55. The van der Waals surface area contributed by atoms with E-state index in [1.807, 2.05) is 11.9 Å². The van der Waals surface area contributed by atoms with Crippen molar-refractivity contribution >= 4 is 5.91 Å². The van der Waals surface area contributed by atoms with Crippen molar-refractivity contribution in [1.29, 1.82) is 0 Å². The molecule has 0 radical (unpaired) electrons. The number of aromatic nitrogens is 4. The molecule has 1 atom stereocenters. The molecule has 2 saturated heterocycles. The van der Waals surface area contributed by atoms with Crippen LogP contribution in [0.5, 0.6) is 6.01 Å². The van der Waals surface area contributed by atoms with Crippen LogP contribution in [0.4, 0.5) is 0 Å². The zero-order chi connectivity index (χ0) is 18.0. The first kappa shape index (κ1) is 17.0. The molecular weight excluding hydrogens is 334 g/mol. The summed E-state index contributed by atoms with van der Waals surface area (Å²) in [7, 11) is 1.81.